The molecule has 5 heteroatoms. The second-order valence-corrected chi connectivity index (χ2v) is 5.00. The molecule has 2 atom stereocenters. The molecular formula is C14H15N3O2. The maximum Gasteiger partial charge on any atom is 0.326 e. The molecule has 0 saturated carbocycles. The molecule has 1 fully saturated rings. The lowest BCUT2D eigenvalue weighted by atomic mass is 10.0. The number of rotatable bonds is 2. The zero-order chi connectivity index (χ0) is 13.4. The quantitative estimate of drug-likeness (QED) is 0.890. The molecule has 5 nitrogen and oxygen atoms in total. The normalized spacial score (nSPS) is 22.9. The first-order valence-electron chi connectivity index (χ1n) is 6.38. The van der Waals surface area contributed by atoms with Crippen LogP contribution in [0.4, 0.5) is 5.82 Å². The highest BCUT2D eigenvalue weighted by atomic mass is 16.4. The Labute approximate surface area is 110 Å². The molecule has 0 aliphatic carbocycles. The number of carboxylic acids is 1. The molecule has 2 unspecified atom stereocenters. The Balaban J connectivity index is 2.11. The molecule has 1 aliphatic heterocycles. The van der Waals surface area contributed by atoms with Gasteiger partial charge in [-0.2, -0.15) is 5.10 Å². The van der Waals surface area contributed by atoms with Gasteiger partial charge in [0, 0.05) is 17.3 Å². The van der Waals surface area contributed by atoms with Crippen molar-refractivity contribution in [1.82, 2.24) is 10.2 Å². The minimum atomic E-state index is -0.792. The summed E-state index contributed by atoms with van der Waals surface area (Å²) in [7, 11) is 0. The summed E-state index contributed by atoms with van der Waals surface area (Å²) in [6.45, 7) is 2.68. The molecule has 0 amide bonds. The molecule has 1 aliphatic rings. The minimum absolute atomic E-state index is 0.123. The lowest BCUT2D eigenvalue weighted by Crippen LogP contribution is -2.39. The van der Waals surface area contributed by atoms with Gasteiger partial charge >= 0.3 is 5.97 Å². The molecule has 1 aromatic carbocycles. The van der Waals surface area contributed by atoms with Crippen molar-refractivity contribution in [3.63, 3.8) is 0 Å². The Morgan fingerprint density at radius 1 is 1.42 bits per heavy atom. The van der Waals surface area contributed by atoms with Gasteiger partial charge in [-0.1, -0.05) is 31.2 Å². The van der Waals surface area contributed by atoms with Gasteiger partial charge in [0.2, 0.25) is 0 Å². The zero-order valence-electron chi connectivity index (χ0n) is 10.7. The molecule has 2 heterocycles. The van der Waals surface area contributed by atoms with Gasteiger partial charge < -0.3 is 10.0 Å². The van der Waals surface area contributed by atoms with Gasteiger partial charge in [-0.15, -0.1) is 5.10 Å². The van der Waals surface area contributed by atoms with Crippen molar-refractivity contribution < 1.29 is 9.90 Å². The molecule has 0 spiro atoms. The Kier molecular flexibility index (Phi) is 2.81. The smallest absolute Gasteiger partial charge is 0.326 e. The predicted molar refractivity (Wildman–Crippen MR) is 72.1 cm³/mol. The van der Waals surface area contributed by atoms with Crippen molar-refractivity contribution in [2.75, 3.05) is 11.4 Å². The number of nitrogens with zero attached hydrogens (tertiary/aromatic N) is 3. The van der Waals surface area contributed by atoms with Crippen LogP contribution < -0.4 is 4.90 Å². The van der Waals surface area contributed by atoms with Gasteiger partial charge in [0.15, 0.2) is 5.82 Å². The molecule has 1 saturated heterocycles. The first-order chi connectivity index (χ1) is 9.18. The number of carboxylic acid groups (broad SMARTS) is 1. The molecule has 2 aromatic rings. The van der Waals surface area contributed by atoms with Crippen molar-refractivity contribution in [1.29, 1.82) is 0 Å². The van der Waals surface area contributed by atoms with E-state index in [0.717, 1.165) is 17.2 Å². The minimum Gasteiger partial charge on any atom is -0.480 e. The molecule has 1 aromatic heterocycles. The number of hydrogen-bond donors (Lipinski definition) is 1. The number of carbonyl (C=O) groups is 1. The highest BCUT2D eigenvalue weighted by Crippen LogP contribution is 2.32. The second-order valence-electron chi connectivity index (χ2n) is 5.00. The fourth-order valence-electron chi connectivity index (χ4n) is 2.79. The highest BCUT2D eigenvalue weighted by Gasteiger charge is 2.38. The van der Waals surface area contributed by atoms with E-state index < -0.39 is 12.0 Å². The third-order valence-electron chi connectivity index (χ3n) is 3.78. The third-order valence-corrected chi connectivity index (χ3v) is 3.78. The van der Waals surface area contributed by atoms with Crippen molar-refractivity contribution >= 4 is 22.6 Å². The lowest BCUT2D eigenvalue weighted by molar-refractivity contribution is -0.139. The van der Waals surface area contributed by atoms with Crippen molar-refractivity contribution in [2.24, 2.45) is 5.92 Å². The molecule has 0 bridgehead atoms. The van der Waals surface area contributed by atoms with Crippen LogP contribution in [0.5, 0.6) is 0 Å². The average molecular weight is 257 g/mol. The maximum atomic E-state index is 11.4. The maximum absolute atomic E-state index is 11.4. The van der Waals surface area contributed by atoms with E-state index in [4.69, 9.17) is 0 Å². The van der Waals surface area contributed by atoms with Gasteiger partial charge in [-0.05, 0) is 12.3 Å². The van der Waals surface area contributed by atoms with Gasteiger partial charge in [0.25, 0.3) is 0 Å². The van der Waals surface area contributed by atoms with Crippen LogP contribution in [0.3, 0.4) is 0 Å². The molecule has 98 valence electrons. The summed E-state index contributed by atoms with van der Waals surface area (Å²) in [5.74, 6) is 0.00727. The average Bonchev–Trinajstić information content (AvgIpc) is 2.80. The van der Waals surface area contributed by atoms with Crippen molar-refractivity contribution in [2.45, 2.75) is 19.4 Å². The Hall–Kier alpha value is -2.17. The van der Waals surface area contributed by atoms with E-state index in [-0.39, 0.29) is 5.92 Å². The first kappa shape index (κ1) is 11.9. The van der Waals surface area contributed by atoms with E-state index in [2.05, 4.69) is 10.2 Å². The van der Waals surface area contributed by atoms with Crippen LogP contribution in [0.2, 0.25) is 0 Å². The van der Waals surface area contributed by atoms with Gasteiger partial charge in [-0.25, -0.2) is 4.79 Å². The Morgan fingerprint density at radius 2 is 2.21 bits per heavy atom. The topological polar surface area (TPSA) is 66.3 Å². The molecule has 1 N–H and O–H groups in total. The molecule has 0 radical (unpaired) electrons. The first-order valence-corrected chi connectivity index (χ1v) is 6.38. The van der Waals surface area contributed by atoms with Gasteiger partial charge in [0.05, 0.1) is 6.20 Å². The number of hydrogen-bond acceptors (Lipinski definition) is 4. The number of benzene rings is 1. The molecule has 3 rings (SSSR count). The summed E-state index contributed by atoms with van der Waals surface area (Å²) in [5, 5.41) is 19.5. The van der Waals surface area contributed by atoms with Crippen LogP contribution >= 0.6 is 0 Å². The summed E-state index contributed by atoms with van der Waals surface area (Å²) >= 11 is 0. The van der Waals surface area contributed by atoms with Crippen molar-refractivity contribution in [3.8, 4) is 0 Å². The summed E-state index contributed by atoms with van der Waals surface area (Å²) in [6, 6.07) is 7.28. The van der Waals surface area contributed by atoms with E-state index in [1.54, 1.807) is 6.20 Å². The standard InChI is InChI=1S/C14H15N3O2/c1-9-6-7-17(12(9)14(18)19)13-11-5-3-2-4-10(11)8-15-16-13/h2-5,8-9,12H,6-7H2,1H3,(H,18,19). The third kappa shape index (κ3) is 1.91. The molecule has 19 heavy (non-hydrogen) atoms. The lowest BCUT2D eigenvalue weighted by Gasteiger charge is -2.24. The van der Waals surface area contributed by atoms with Crippen LogP contribution in [0.15, 0.2) is 30.5 Å². The largest absolute Gasteiger partial charge is 0.480 e. The summed E-state index contributed by atoms with van der Waals surface area (Å²) in [5.41, 5.74) is 0. The van der Waals surface area contributed by atoms with Crippen LogP contribution in [-0.4, -0.2) is 33.9 Å². The van der Waals surface area contributed by atoms with E-state index in [1.807, 2.05) is 36.1 Å². The van der Waals surface area contributed by atoms with E-state index >= 15 is 0 Å². The predicted octanol–water partition coefficient (Wildman–Crippen LogP) is 1.93. The van der Waals surface area contributed by atoms with Crippen LogP contribution in [0, 0.1) is 5.92 Å². The molecular weight excluding hydrogens is 242 g/mol. The monoisotopic (exact) mass is 257 g/mol. The second kappa shape index (κ2) is 4.50. The van der Waals surface area contributed by atoms with E-state index in [9.17, 15) is 9.90 Å². The highest BCUT2D eigenvalue weighted by molar-refractivity contribution is 5.93. The Morgan fingerprint density at radius 3 is 3.00 bits per heavy atom. The zero-order valence-corrected chi connectivity index (χ0v) is 10.7. The number of fused-ring (bicyclic) bond motifs is 1. The number of aromatic nitrogens is 2. The van der Waals surface area contributed by atoms with E-state index in [1.165, 1.54) is 0 Å². The fraction of sp³-hybridized carbons (Fsp3) is 0.357. The number of aliphatic carboxylic acids is 1. The van der Waals surface area contributed by atoms with Crippen LogP contribution in [0.25, 0.3) is 10.8 Å². The van der Waals surface area contributed by atoms with Crippen molar-refractivity contribution in [3.05, 3.63) is 30.5 Å². The van der Waals surface area contributed by atoms with Crippen LogP contribution in [0.1, 0.15) is 13.3 Å². The summed E-state index contributed by atoms with van der Waals surface area (Å²) in [6.07, 6.45) is 2.57. The Bertz CT molecular complexity index is 624. The SMILES string of the molecule is CC1CCN(c2nncc3ccccc23)C1C(=O)O. The fourth-order valence-corrected chi connectivity index (χ4v) is 2.79. The summed E-state index contributed by atoms with van der Waals surface area (Å²) in [4.78, 5) is 13.3. The van der Waals surface area contributed by atoms with E-state index in [0.29, 0.717) is 12.4 Å². The van der Waals surface area contributed by atoms with Gasteiger partial charge in [0.1, 0.15) is 6.04 Å². The summed E-state index contributed by atoms with van der Waals surface area (Å²) < 4.78 is 0. The number of anilines is 1. The van der Waals surface area contributed by atoms with Crippen LogP contribution in [-0.2, 0) is 4.79 Å². The van der Waals surface area contributed by atoms with Gasteiger partial charge in [-0.3, -0.25) is 0 Å².